The third-order valence-electron chi connectivity index (χ3n) is 2.08. The molecule has 0 spiro atoms. The molecule has 0 aromatic carbocycles. The van der Waals surface area contributed by atoms with Crippen LogP contribution in [0.4, 0.5) is 0 Å². The maximum absolute atomic E-state index is 5.31. The normalized spacial score (nSPS) is 11.6. The van der Waals surface area contributed by atoms with Crippen LogP contribution in [0.25, 0.3) is 0 Å². The van der Waals surface area contributed by atoms with E-state index in [1.165, 1.54) is 0 Å². The van der Waals surface area contributed by atoms with Gasteiger partial charge >= 0.3 is 0 Å². The molecule has 1 rings (SSSR count). The van der Waals surface area contributed by atoms with Gasteiger partial charge < -0.3 is 9.32 Å². The molecule has 1 heterocycles. The number of aliphatic imine (C=N–C) groups is 1. The summed E-state index contributed by atoms with van der Waals surface area (Å²) in [5, 5.41) is 0. The van der Waals surface area contributed by atoms with Crippen LogP contribution in [0.1, 0.15) is 11.3 Å². The van der Waals surface area contributed by atoms with E-state index >= 15 is 0 Å². The van der Waals surface area contributed by atoms with Crippen LogP contribution in [0, 0.1) is 6.92 Å². The lowest BCUT2D eigenvalue weighted by molar-refractivity contribution is 0.465. The van der Waals surface area contributed by atoms with Crippen LogP contribution < -0.4 is 11.3 Å². The number of hydrogen-bond acceptors (Lipinski definition) is 3. The molecule has 0 bridgehead atoms. The van der Waals surface area contributed by atoms with Crippen LogP contribution in [-0.4, -0.2) is 25.0 Å². The van der Waals surface area contributed by atoms with Crippen LogP contribution in [-0.2, 0) is 6.54 Å². The van der Waals surface area contributed by atoms with Crippen LogP contribution in [0.3, 0.4) is 0 Å². The zero-order chi connectivity index (χ0) is 10.6. The van der Waals surface area contributed by atoms with Crippen molar-refractivity contribution in [2.45, 2.75) is 13.5 Å². The molecule has 0 aliphatic carbocycles. The van der Waals surface area contributed by atoms with E-state index in [0.29, 0.717) is 5.96 Å². The number of aryl methyl sites for hydroxylation is 1. The molecule has 5 nitrogen and oxygen atoms in total. The number of furan rings is 1. The Morgan fingerprint density at radius 1 is 1.71 bits per heavy atom. The van der Waals surface area contributed by atoms with Crippen LogP contribution >= 0.6 is 0 Å². The highest BCUT2D eigenvalue weighted by atomic mass is 16.3. The standard InChI is InChI=1S/C9H16N4O/c1-7-8(4-5-14-7)6-13(3)9(11-2)12-10/h4-5H,6,10H2,1-3H3,(H,11,12). The summed E-state index contributed by atoms with van der Waals surface area (Å²) in [7, 11) is 3.60. The van der Waals surface area contributed by atoms with Gasteiger partial charge in [0, 0.05) is 26.2 Å². The molecule has 0 saturated heterocycles. The first kappa shape index (κ1) is 10.6. The van der Waals surface area contributed by atoms with Gasteiger partial charge in [-0.2, -0.15) is 0 Å². The maximum atomic E-state index is 5.31. The molecule has 1 aromatic rings. The third kappa shape index (κ3) is 2.26. The Balaban J connectivity index is 2.65. The van der Waals surface area contributed by atoms with E-state index in [0.717, 1.165) is 17.9 Å². The fourth-order valence-electron chi connectivity index (χ4n) is 1.25. The smallest absolute Gasteiger partial charge is 0.208 e. The van der Waals surface area contributed by atoms with Crippen molar-refractivity contribution in [3.8, 4) is 0 Å². The van der Waals surface area contributed by atoms with E-state index in [9.17, 15) is 0 Å². The number of rotatable bonds is 2. The lowest BCUT2D eigenvalue weighted by atomic mass is 10.2. The van der Waals surface area contributed by atoms with Crippen LogP contribution in [0.5, 0.6) is 0 Å². The predicted molar refractivity (Wildman–Crippen MR) is 55.6 cm³/mol. The average molecular weight is 196 g/mol. The summed E-state index contributed by atoms with van der Waals surface area (Å²) >= 11 is 0. The summed E-state index contributed by atoms with van der Waals surface area (Å²) in [6, 6.07) is 1.94. The summed E-state index contributed by atoms with van der Waals surface area (Å²) in [6.07, 6.45) is 1.68. The molecular weight excluding hydrogens is 180 g/mol. The lowest BCUT2D eigenvalue weighted by Crippen LogP contribution is -2.42. The largest absolute Gasteiger partial charge is 0.469 e. The van der Waals surface area contributed by atoms with E-state index in [1.54, 1.807) is 13.3 Å². The molecule has 0 amide bonds. The lowest BCUT2D eigenvalue weighted by Gasteiger charge is -2.19. The fraction of sp³-hybridized carbons (Fsp3) is 0.444. The van der Waals surface area contributed by atoms with Crippen molar-refractivity contribution in [2.75, 3.05) is 14.1 Å². The second kappa shape index (κ2) is 4.66. The maximum Gasteiger partial charge on any atom is 0.208 e. The Kier molecular flexibility index (Phi) is 3.53. The molecule has 78 valence electrons. The monoisotopic (exact) mass is 196 g/mol. The third-order valence-corrected chi connectivity index (χ3v) is 2.08. The van der Waals surface area contributed by atoms with Crippen molar-refractivity contribution >= 4 is 5.96 Å². The summed E-state index contributed by atoms with van der Waals surface area (Å²) in [5.41, 5.74) is 3.66. The average Bonchev–Trinajstić information content (AvgIpc) is 2.54. The van der Waals surface area contributed by atoms with Gasteiger partial charge in [0.25, 0.3) is 0 Å². The van der Waals surface area contributed by atoms with Gasteiger partial charge in [-0.1, -0.05) is 0 Å². The van der Waals surface area contributed by atoms with Crippen molar-refractivity contribution in [1.29, 1.82) is 0 Å². The molecule has 0 aliphatic heterocycles. The van der Waals surface area contributed by atoms with Crippen molar-refractivity contribution in [3.63, 3.8) is 0 Å². The Hall–Kier alpha value is -1.49. The van der Waals surface area contributed by atoms with E-state index in [4.69, 9.17) is 10.3 Å². The first-order chi connectivity index (χ1) is 6.69. The number of hydrogen-bond donors (Lipinski definition) is 2. The van der Waals surface area contributed by atoms with Gasteiger partial charge in [-0.15, -0.1) is 0 Å². The molecule has 0 aliphatic rings. The molecule has 1 aromatic heterocycles. The van der Waals surface area contributed by atoms with Gasteiger partial charge in [0.1, 0.15) is 5.76 Å². The zero-order valence-electron chi connectivity index (χ0n) is 8.74. The predicted octanol–water partition coefficient (Wildman–Crippen LogP) is 0.469. The van der Waals surface area contributed by atoms with Gasteiger partial charge in [0.2, 0.25) is 5.96 Å². The second-order valence-corrected chi connectivity index (χ2v) is 3.05. The highest BCUT2D eigenvalue weighted by Crippen LogP contribution is 2.10. The fourth-order valence-corrected chi connectivity index (χ4v) is 1.25. The number of guanidine groups is 1. The molecular formula is C9H16N4O. The molecule has 14 heavy (non-hydrogen) atoms. The Labute approximate surface area is 83.6 Å². The van der Waals surface area contributed by atoms with Crippen molar-refractivity contribution in [1.82, 2.24) is 10.3 Å². The SMILES string of the molecule is CN=C(NN)N(C)Cc1ccoc1C. The quantitative estimate of drug-likeness (QED) is 0.312. The van der Waals surface area contributed by atoms with Crippen molar-refractivity contribution < 1.29 is 4.42 Å². The van der Waals surface area contributed by atoms with Gasteiger partial charge in [-0.05, 0) is 13.0 Å². The van der Waals surface area contributed by atoms with Crippen LogP contribution in [0.2, 0.25) is 0 Å². The second-order valence-electron chi connectivity index (χ2n) is 3.05. The van der Waals surface area contributed by atoms with E-state index < -0.39 is 0 Å². The highest BCUT2D eigenvalue weighted by molar-refractivity contribution is 5.78. The zero-order valence-corrected chi connectivity index (χ0v) is 8.74. The topological polar surface area (TPSA) is 66.8 Å². The van der Waals surface area contributed by atoms with Crippen molar-refractivity contribution in [3.05, 3.63) is 23.7 Å². The summed E-state index contributed by atoms with van der Waals surface area (Å²) in [4.78, 5) is 5.91. The van der Waals surface area contributed by atoms with E-state index in [-0.39, 0.29) is 0 Å². The summed E-state index contributed by atoms with van der Waals surface area (Å²) < 4.78 is 5.19. The molecule has 3 N–H and O–H groups in total. The highest BCUT2D eigenvalue weighted by Gasteiger charge is 2.07. The number of nitrogens with one attached hydrogen (secondary N) is 1. The van der Waals surface area contributed by atoms with Gasteiger partial charge in [0.15, 0.2) is 0 Å². The van der Waals surface area contributed by atoms with Crippen LogP contribution in [0.15, 0.2) is 21.7 Å². The first-order valence-corrected chi connectivity index (χ1v) is 4.36. The summed E-state index contributed by atoms with van der Waals surface area (Å²) in [6.45, 7) is 2.65. The molecule has 0 fully saturated rings. The molecule has 0 atom stereocenters. The van der Waals surface area contributed by atoms with Gasteiger partial charge in [-0.3, -0.25) is 10.4 Å². The minimum atomic E-state index is 0.644. The van der Waals surface area contributed by atoms with Gasteiger partial charge in [0.05, 0.1) is 6.26 Å². The summed E-state index contributed by atoms with van der Waals surface area (Å²) in [5.74, 6) is 6.87. The van der Waals surface area contributed by atoms with Crippen molar-refractivity contribution in [2.24, 2.45) is 10.8 Å². The molecule has 0 saturated carbocycles. The Morgan fingerprint density at radius 2 is 2.43 bits per heavy atom. The minimum absolute atomic E-state index is 0.644. The molecule has 0 radical (unpaired) electrons. The van der Waals surface area contributed by atoms with Gasteiger partial charge in [-0.25, -0.2) is 5.84 Å². The van der Waals surface area contributed by atoms with E-state index in [1.807, 2.05) is 24.9 Å². The number of nitrogens with zero attached hydrogens (tertiary/aromatic N) is 2. The first-order valence-electron chi connectivity index (χ1n) is 4.36. The Morgan fingerprint density at radius 3 is 2.86 bits per heavy atom. The van der Waals surface area contributed by atoms with E-state index in [2.05, 4.69) is 10.4 Å². The Bertz CT molecular complexity index is 318. The number of nitrogens with two attached hydrogens (primary N) is 1. The number of hydrazine groups is 1. The molecule has 0 unspecified atom stereocenters. The molecule has 5 heteroatoms. The minimum Gasteiger partial charge on any atom is -0.469 e.